The van der Waals surface area contributed by atoms with Crippen LogP contribution in [0.25, 0.3) is 5.69 Å². The van der Waals surface area contributed by atoms with Crippen LogP contribution >= 0.6 is 0 Å². The summed E-state index contributed by atoms with van der Waals surface area (Å²) in [5.41, 5.74) is -1.15. The fraction of sp³-hybridized carbons (Fsp3) is 0.227. The van der Waals surface area contributed by atoms with Gasteiger partial charge in [0.1, 0.15) is 0 Å². The zero-order valence-corrected chi connectivity index (χ0v) is 16.5. The van der Waals surface area contributed by atoms with Gasteiger partial charge in [0.25, 0.3) is 5.91 Å². The Bertz CT molecular complexity index is 1110. The Hall–Kier alpha value is -3.42. The molecule has 1 aromatic heterocycles. The van der Waals surface area contributed by atoms with E-state index in [1.165, 1.54) is 30.0 Å². The van der Waals surface area contributed by atoms with Gasteiger partial charge in [0.15, 0.2) is 5.69 Å². The van der Waals surface area contributed by atoms with Crippen molar-refractivity contribution in [3.8, 4) is 5.69 Å². The number of para-hydroxylation sites is 1. The second-order valence-corrected chi connectivity index (χ2v) is 6.73. The van der Waals surface area contributed by atoms with E-state index < -0.39 is 28.8 Å². The highest BCUT2D eigenvalue weighted by atomic mass is 19.4. The highest BCUT2D eigenvalue weighted by Crippen LogP contribution is 2.33. The van der Waals surface area contributed by atoms with E-state index in [1.54, 1.807) is 6.92 Å². The van der Waals surface area contributed by atoms with Crippen LogP contribution in [0, 0.1) is 6.92 Å². The van der Waals surface area contributed by atoms with Gasteiger partial charge in [-0.3, -0.25) is 9.59 Å². The predicted octanol–water partition coefficient (Wildman–Crippen LogP) is 4.22. The van der Waals surface area contributed by atoms with Crippen LogP contribution < -0.4 is 5.43 Å². The molecule has 0 aliphatic carbocycles. The number of carbonyl (C=O) groups is 1. The molecular weight excluding hydrogens is 395 g/mol. The molecule has 0 unspecified atom stereocenters. The van der Waals surface area contributed by atoms with E-state index in [-0.39, 0.29) is 17.9 Å². The number of aryl methyl sites for hydroxylation is 1. The fourth-order valence-electron chi connectivity index (χ4n) is 3.12. The topological polar surface area (TPSA) is 55.2 Å². The molecule has 8 heteroatoms. The molecular formula is C22H20F3N3O2. The van der Waals surface area contributed by atoms with Crippen molar-refractivity contribution in [2.75, 3.05) is 6.54 Å². The maximum Gasteiger partial charge on any atom is 0.418 e. The number of nitrogens with zero attached hydrogens (tertiary/aromatic N) is 3. The van der Waals surface area contributed by atoms with Gasteiger partial charge >= 0.3 is 6.18 Å². The van der Waals surface area contributed by atoms with Crippen LogP contribution in [0.15, 0.2) is 65.5 Å². The molecule has 3 rings (SSSR count). The minimum Gasteiger partial charge on any atom is -0.333 e. The Kier molecular flexibility index (Phi) is 6.05. The molecule has 1 amide bonds. The predicted molar refractivity (Wildman–Crippen MR) is 106 cm³/mol. The molecule has 0 saturated carbocycles. The van der Waals surface area contributed by atoms with Crippen LogP contribution in [0.5, 0.6) is 0 Å². The number of alkyl halides is 3. The lowest BCUT2D eigenvalue weighted by atomic mass is 10.1. The summed E-state index contributed by atoms with van der Waals surface area (Å²) in [6, 6.07) is 15.2. The maximum atomic E-state index is 13.5. The molecule has 0 fully saturated rings. The van der Waals surface area contributed by atoms with Crippen molar-refractivity contribution >= 4 is 5.91 Å². The van der Waals surface area contributed by atoms with E-state index in [9.17, 15) is 22.8 Å². The zero-order valence-electron chi connectivity index (χ0n) is 16.5. The molecule has 0 saturated heterocycles. The molecule has 0 spiro atoms. The van der Waals surface area contributed by atoms with Crippen molar-refractivity contribution in [1.29, 1.82) is 0 Å². The first-order valence-corrected chi connectivity index (χ1v) is 9.33. The number of rotatable bonds is 5. The third-order valence-electron chi connectivity index (χ3n) is 4.63. The summed E-state index contributed by atoms with van der Waals surface area (Å²) in [6.45, 7) is 3.79. The molecule has 0 atom stereocenters. The Morgan fingerprint density at radius 2 is 1.70 bits per heavy atom. The summed E-state index contributed by atoms with van der Waals surface area (Å²) >= 11 is 0. The van der Waals surface area contributed by atoms with Gasteiger partial charge in [-0.1, -0.05) is 42.5 Å². The smallest absolute Gasteiger partial charge is 0.333 e. The van der Waals surface area contributed by atoms with Crippen molar-refractivity contribution in [3.63, 3.8) is 0 Å². The minimum absolute atomic E-state index is 0.194. The molecule has 0 aliphatic heterocycles. The number of hydrogen-bond donors (Lipinski definition) is 0. The monoisotopic (exact) mass is 415 g/mol. The third kappa shape index (κ3) is 4.42. The zero-order chi connectivity index (χ0) is 21.9. The van der Waals surface area contributed by atoms with E-state index in [2.05, 4.69) is 5.10 Å². The molecule has 0 radical (unpaired) electrons. The van der Waals surface area contributed by atoms with Crippen LogP contribution in [0.4, 0.5) is 13.2 Å². The van der Waals surface area contributed by atoms with E-state index in [0.717, 1.165) is 22.4 Å². The lowest BCUT2D eigenvalue weighted by molar-refractivity contribution is -0.137. The maximum absolute atomic E-state index is 13.5. The molecule has 156 valence electrons. The van der Waals surface area contributed by atoms with Gasteiger partial charge in [-0.2, -0.15) is 18.3 Å². The number of benzene rings is 2. The van der Waals surface area contributed by atoms with Gasteiger partial charge in [0, 0.05) is 24.8 Å². The average Bonchev–Trinajstić information content (AvgIpc) is 2.72. The molecule has 5 nitrogen and oxygen atoms in total. The van der Waals surface area contributed by atoms with Gasteiger partial charge in [-0.05, 0) is 31.5 Å². The first-order valence-electron chi connectivity index (χ1n) is 9.33. The number of aromatic nitrogens is 2. The largest absolute Gasteiger partial charge is 0.418 e. The van der Waals surface area contributed by atoms with Gasteiger partial charge < -0.3 is 4.90 Å². The summed E-state index contributed by atoms with van der Waals surface area (Å²) in [7, 11) is 0. The van der Waals surface area contributed by atoms with Gasteiger partial charge in [0.2, 0.25) is 5.43 Å². The van der Waals surface area contributed by atoms with Crippen molar-refractivity contribution in [1.82, 2.24) is 14.7 Å². The first kappa shape index (κ1) is 21.3. The van der Waals surface area contributed by atoms with Crippen LogP contribution in [-0.4, -0.2) is 27.1 Å². The summed E-state index contributed by atoms with van der Waals surface area (Å²) in [5.74, 6) is -0.635. The highest BCUT2D eigenvalue weighted by molar-refractivity contribution is 5.92. The molecule has 0 N–H and O–H groups in total. The van der Waals surface area contributed by atoms with E-state index >= 15 is 0 Å². The molecule has 0 aliphatic rings. The Morgan fingerprint density at radius 3 is 2.33 bits per heavy atom. The SMILES string of the molecule is CCN(Cc1ccccc1)C(=O)c1nn(-c2ccccc2C(F)(F)F)c(C)cc1=O. The Balaban J connectivity index is 2.06. The van der Waals surface area contributed by atoms with Crippen molar-refractivity contribution in [3.05, 3.63) is 93.4 Å². The normalized spacial score (nSPS) is 11.4. The lowest BCUT2D eigenvalue weighted by Gasteiger charge is -2.21. The van der Waals surface area contributed by atoms with E-state index in [0.29, 0.717) is 6.54 Å². The Morgan fingerprint density at radius 1 is 1.07 bits per heavy atom. The van der Waals surface area contributed by atoms with Crippen molar-refractivity contribution in [2.45, 2.75) is 26.6 Å². The number of halogens is 3. The summed E-state index contributed by atoms with van der Waals surface area (Å²) in [5, 5.41) is 4.04. The fourth-order valence-corrected chi connectivity index (χ4v) is 3.12. The van der Waals surface area contributed by atoms with Crippen molar-refractivity contribution < 1.29 is 18.0 Å². The standard InChI is InChI=1S/C22H20F3N3O2/c1-3-27(14-16-9-5-4-6-10-16)21(30)20-19(29)13-15(2)28(26-20)18-12-8-7-11-17(18)22(23,24)25/h4-13H,3,14H2,1-2H3. The lowest BCUT2D eigenvalue weighted by Crippen LogP contribution is -2.36. The van der Waals surface area contributed by atoms with Crippen molar-refractivity contribution in [2.24, 2.45) is 0 Å². The van der Waals surface area contributed by atoms with Crippen LogP contribution in [-0.2, 0) is 12.7 Å². The summed E-state index contributed by atoms with van der Waals surface area (Å²) < 4.78 is 41.3. The second-order valence-electron chi connectivity index (χ2n) is 6.73. The number of amides is 1. The third-order valence-corrected chi connectivity index (χ3v) is 4.63. The van der Waals surface area contributed by atoms with E-state index in [1.807, 2.05) is 30.3 Å². The molecule has 3 aromatic rings. The second kappa shape index (κ2) is 8.52. The molecule has 1 heterocycles. The molecule has 30 heavy (non-hydrogen) atoms. The molecule has 0 bridgehead atoms. The van der Waals surface area contributed by atoms with Gasteiger partial charge in [0.05, 0.1) is 11.3 Å². The van der Waals surface area contributed by atoms with Crippen LogP contribution in [0.3, 0.4) is 0 Å². The first-order chi connectivity index (χ1) is 14.2. The summed E-state index contributed by atoms with van der Waals surface area (Å²) in [4.78, 5) is 26.9. The van der Waals surface area contributed by atoms with Gasteiger partial charge in [-0.25, -0.2) is 4.68 Å². The quantitative estimate of drug-likeness (QED) is 0.627. The Labute approximate surface area is 171 Å². The highest BCUT2D eigenvalue weighted by Gasteiger charge is 2.34. The van der Waals surface area contributed by atoms with E-state index in [4.69, 9.17) is 0 Å². The number of carbonyl (C=O) groups excluding carboxylic acids is 1. The molecule has 2 aromatic carbocycles. The summed E-state index contributed by atoms with van der Waals surface area (Å²) in [6.07, 6.45) is -4.61. The average molecular weight is 415 g/mol. The number of hydrogen-bond acceptors (Lipinski definition) is 3. The van der Waals surface area contributed by atoms with Crippen LogP contribution in [0.1, 0.15) is 34.2 Å². The minimum atomic E-state index is -4.61. The van der Waals surface area contributed by atoms with Gasteiger partial charge in [-0.15, -0.1) is 0 Å². The van der Waals surface area contributed by atoms with Crippen LogP contribution in [0.2, 0.25) is 0 Å².